The van der Waals surface area contributed by atoms with Gasteiger partial charge in [0.05, 0.1) is 11.5 Å². The number of carbonyl (C=O) groups excluding carboxylic acids is 3. The van der Waals surface area contributed by atoms with Crippen LogP contribution in [0.1, 0.15) is 26.7 Å². The van der Waals surface area contributed by atoms with Gasteiger partial charge in [-0.1, -0.05) is 0 Å². The van der Waals surface area contributed by atoms with Crippen molar-refractivity contribution in [2.24, 2.45) is 11.8 Å². The lowest BCUT2D eigenvalue weighted by molar-refractivity contribution is -0.133. The van der Waals surface area contributed by atoms with Crippen LogP contribution in [0.5, 0.6) is 0 Å². The summed E-state index contributed by atoms with van der Waals surface area (Å²) in [6, 6.07) is 0.0481. The van der Waals surface area contributed by atoms with Crippen molar-refractivity contribution in [1.82, 2.24) is 24.9 Å². The number of likely N-dealkylation sites (tertiary alicyclic amines) is 3. The maximum atomic E-state index is 12.8. The smallest absolute Gasteiger partial charge is 0.319 e. The van der Waals surface area contributed by atoms with Crippen LogP contribution in [0.3, 0.4) is 0 Å². The normalized spacial score (nSPS) is 27.3. The van der Waals surface area contributed by atoms with Gasteiger partial charge in [0.2, 0.25) is 5.91 Å². The molecule has 2 atom stereocenters. The second-order valence-corrected chi connectivity index (χ2v) is 8.39. The molecule has 0 aromatic rings. The molecule has 8 nitrogen and oxygen atoms in total. The highest BCUT2D eigenvalue weighted by Gasteiger charge is 2.61. The highest BCUT2D eigenvalue weighted by Crippen LogP contribution is 2.49. The van der Waals surface area contributed by atoms with Gasteiger partial charge in [-0.15, -0.1) is 0 Å². The molecular weight excluding hydrogens is 334 g/mol. The summed E-state index contributed by atoms with van der Waals surface area (Å²) in [5, 5.41) is 2.94. The average Bonchev–Trinajstić information content (AvgIpc) is 3.10. The lowest BCUT2D eigenvalue weighted by Crippen LogP contribution is -2.58. The number of nitrogens with one attached hydrogen (secondary N) is 1. The third kappa shape index (κ3) is 2.89. The molecule has 0 saturated carbocycles. The Labute approximate surface area is 155 Å². The molecular formula is C18H31N5O3. The predicted octanol–water partition coefficient (Wildman–Crippen LogP) is 0.641. The third-order valence-corrected chi connectivity index (χ3v) is 6.31. The molecule has 26 heavy (non-hydrogen) atoms. The summed E-state index contributed by atoms with van der Waals surface area (Å²) in [7, 11) is 5.38. The molecule has 0 radical (unpaired) electrons. The van der Waals surface area contributed by atoms with Crippen molar-refractivity contribution in [1.29, 1.82) is 0 Å². The first-order valence-electron chi connectivity index (χ1n) is 9.46. The van der Waals surface area contributed by atoms with E-state index in [-0.39, 0.29) is 41.4 Å². The summed E-state index contributed by atoms with van der Waals surface area (Å²) < 4.78 is 0. The Bertz CT molecular complexity index is 598. The van der Waals surface area contributed by atoms with Gasteiger partial charge in [-0.2, -0.15) is 0 Å². The zero-order chi connectivity index (χ0) is 19.2. The molecule has 1 spiro atoms. The van der Waals surface area contributed by atoms with Crippen LogP contribution in [-0.2, 0) is 4.79 Å². The Kier molecular flexibility index (Phi) is 4.79. The largest absolute Gasteiger partial charge is 0.339 e. The predicted molar refractivity (Wildman–Crippen MR) is 97.6 cm³/mol. The van der Waals surface area contributed by atoms with Crippen molar-refractivity contribution >= 4 is 18.0 Å². The molecule has 0 aliphatic carbocycles. The Balaban J connectivity index is 1.73. The maximum Gasteiger partial charge on any atom is 0.319 e. The molecule has 3 aliphatic heterocycles. The summed E-state index contributed by atoms with van der Waals surface area (Å²) in [6.45, 7) is 6.31. The highest BCUT2D eigenvalue weighted by atomic mass is 16.2. The fourth-order valence-electron chi connectivity index (χ4n) is 4.90. The molecule has 3 fully saturated rings. The van der Waals surface area contributed by atoms with E-state index in [1.807, 2.05) is 30.7 Å². The second kappa shape index (κ2) is 6.63. The lowest BCUT2D eigenvalue weighted by Gasteiger charge is -2.46. The molecule has 146 valence electrons. The molecule has 0 bridgehead atoms. The zero-order valence-electron chi connectivity index (χ0n) is 16.5. The van der Waals surface area contributed by atoms with Crippen molar-refractivity contribution in [2.75, 3.05) is 47.3 Å². The first kappa shape index (κ1) is 18.8. The van der Waals surface area contributed by atoms with Crippen LogP contribution in [-0.4, -0.2) is 96.5 Å². The summed E-state index contributed by atoms with van der Waals surface area (Å²) in [5.41, 5.74) is -0.238. The van der Waals surface area contributed by atoms with Crippen molar-refractivity contribution in [3.8, 4) is 0 Å². The maximum absolute atomic E-state index is 12.8. The van der Waals surface area contributed by atoms with E-state index >= 15 is 0 Å². The molecule has 0 aromatic carbocycles. The third-order valence-electron chi connectivity index (χ3n) is 6.31. The van der Waals surface area contributed by atoms with Crippen LogP contribution in [0, 0.1) is 11.8 Å². The Morgan fingerprint density at radius 3 is 2.31 bits per heavy atom. The Morgan fingerprint density at radius 2 is 1.77 bits per heavy atom. The average molecular weight is 365 g/mol. The van der Waals surface area contributed by atoms with Crippen molar-refractivity contribution in [2.45, 2.75) is 38.3 Å². The van der Waals surface area contributed by atoms with Gasteiger partial charge < -0.3 is 24.9 Å². The number of fused-ring (bicyclic) bond motifs is 2. The van der Waals surface area contributed by atoms with E-state index in [2.05, 4.69) is 5.32 Å². The van der Waals surface area contributed by atoms with Crippen LogP contribution in [0.4, 0.5) is 9.59 Å². The van der Waals surface area contributed by atoms with Gasteiger partial charge in [-0.3, -0.25) is 4.79 Å². The zero-order valence-corrected chi connectivity index (χ0v) is 16.5. The summed E-state index contributed by atoms with van der Waals surface area (Å²) in [4.78, 5) is 44.6. The molecule has 5 amide bonds. The van der Waals surface area contributed by atoms with Crippen molar-refractivity contribution < 1.29 is 14.4 Å². The molecule has 0 aromatic heterocycles. The van der Waals surface area contributed by atoms with Crippen LogP contribution in [0.25, 0.3) is 0 Å². The number of amides is 5. The first-order chi connectivity index (χ1) is 12.2. The van der Waals surface area contributed by atoms with Gasteiger partial charge in [-0.05, 0) is 26.7 Å². The summed E-state index contributed by atoms with van der Waals surface area (Å²) >= 11 is 0. The van der Waals surface area contributed by atoms with Gasteiger partial charge in [0.15, 0.2) is 0 Å². The van der Waals surface area contributed by atoms with Gasteiger partial charge in [0.1, 0.15) is 0 Å². The van der Waals surface area contributed by atoms with Crippen molar-refractivity contribution in [3.05, 3.63) is 0 Å². The fraction of sp³-hybridized carbons (Fsp3) is 0.833. The van der Waals surface area contributed by atoms with Gasteiger partial charge in [0, 0.05) is 59.3 Å². The monoisotopic (exact) mass is 365 g/mol. The minimum absolute atomic E-state index is 0.0289. The second-order valence-electron chi connectivity index (χ2n) is 8.39. The number of nitrogens with zero attached hydrogens (tertiary/aromatic N) is 4. The van der Waals surface area contributed by atoms with E-state index in [1.54, 1.807) is 23.9 Å². The molecule has 3 saturated heterocycles. The molecule has 3 aliphatic rings. The van der Waals surface area contributed by atoms with E-state index < -0.39 is 0 Å². The fourth-order valence-corrected chi connectivity index (χ4v) is 4.90. The summed E-state index contributed by atoms with van der Waals surface area (Å²) in [6.07, 6.45) is 1.54. The minimum Gasteiger partial charge on any atom is -0.339 e. The lowest BCUT2D eigenvalue weighted by atomic mass is 9.75. The van der Waals surface area contributed by atoms with Crippen LogP contribution >= 0.6 is 0 Å². The van der Waals surface area contributed by atoms with E-state index in [0.29, 0.717) is 26.2 Å². The van der Waals surface area contributed by atoms with Gasteiger partial charge >= 0.3 is 12.1 Å². The topological polar surface area (TPSA) is 76.2 Å². The summed E-state index contributed by atoms with van der Waals surface area (Å²) in [5.74, 6) is 0.184. The Morgan fingerprint density at radius 1 is 1.15 bits per heavy atom. The number of hydrogen-bond acceptors (Lipinski definition) is 3. The number of rotatable bonds is 1. The number of carbonyl (C=O) groups is 3. The quantitative estimate of drug-likeness (QED) is 0.741. The van der Waals surface area contributed by atoms with E-state index in [0.717, 1.165) is 12.8 Å². The molecule has 3 heterocycles. The van der Waals surface area contributed by atoms with Crippen molar-refractivity contribution in [3.63, 3.8) is 0 Å². The van der Waals surface area contributed by atoms with Crippen LogP contribution in [0.15, 0.2) is 0 Å². The van der Waals surface area contributed by atoms with Gasteiger partial charge in [-0.25, -0.2) is 9.59 Å². The van der Waals surface area contributed by atoms with E-state index in [1.165, 1.54) is 0 Å². The Hall–Kier alpha value is -1.99. The molecule has 1 N–H and O–H groups in total. The number of piperidine rings is 1. The number of hydrogen-bond donors (Lipinski definition) is 1. The standard InChI is InChI=1S/C18H31N5O3/c1-12(2)19-16(25)22-8-6-18(7-9-22)14-11-23(17(26)20(3)4)10-13(14)15(24)21(18)5/h12-14H,6-11H2,1-5H3,(H,19,25)/t13-,14+/m0/s1. The van der Waals surface area contributed by atoms with Crippen LogP contribution < -0.4 is 5.32 Å². The minimum atomic E-state index is -0.238. The first-order valence-corrected chi connectivity index (χ1v) is 9.46. The molecule has 8 heteroatoms. The SMILES string of the molecule is CC(C)NC(=O)N1CCC2(CC1)[C@@H]1CN(C(=O)N(C)C)C[C@@H]1C(=O)N2C. The number of urea groups is 2. The highest BCUT2D eigenvalue weighted by molar-refractivity contribution is 5.85. The van der Waals surface area contributed by atoms with E-state index in [9.17, 15) is 14.4 Å². The van der Waals surface area contributed by atoms with Gasteiger partial charge in [0.25, 0.3) is 0 Å². The molecule has 3 rings (SSSR count). The van der Waals surface area contributed by atoms with E-state index in [4.69, 9.17) is 0 Å². The molecule has 0 unspecified atom stereocenters. The van der Waals surface area contributed by atoms with Crippen LogP contribution in [0.2, 0.25) is 0 Å².